The summed E-state index contributed by atoms with van der Waals surface area (Å²) < 4.78 is 0. The number of rotatable bonds is 5. The van der Waals surface area contributed by atoms with E-state index in [1.54, 1.807) is 0 Å². The average molecular weight is 323 g/mol. The first-order valence-electron chi connectivity index (χ1n) is 8.40. The summed E-state index contributed by atoms with van der Waals surface area (Å²) in [6, 6.07) is 6.05. The summed E-state index contributed by atoms with van der Waals surface area (Å²) in [5, 5.41) is 10.2. The maximum atomic E-state index is 12.2. The fourth-order valence-corrected chi connectivity index (χ4v) is 3.07. The van der Waals surface area contributed by atoms with Crippen LogP contribution in [0.1, 0.15) is 47.8 Å². The van der Waals surface area contributed by atoms with Gasteiger partial charge in [0.05, 0.1) is 11.0 Å². The first-order valence-corrected chi connectivity index (χ1v) is 8.40. The molecule has 1 aliphatic rings. The van der Waals surface area contributed by atoms with Gasteiger partial charge in [0.1, 0.15) is 5.82 Å². The summed E-state index contributed by atoms with van der Waals surface area (Å²) in [7, 11) is 0. The summed E-state index contributed by atoms with van der Waals surface area (Å²) >= 11 is 0. The molecule has 3 N–H and O–H groups in total. The van der Waals surface area contributed by atoms with Gasteiger partial charge in [-0.15, -0.1) is 0 Å². The third kappa shape index (κ3) is 2.79. The van der Waals surface area contributed by atoms with Crippen molar-refractivity contribution in [1.29, 1.82) is 0 Å². The molecule has 1 aliphatic carbocycles. The zero-order valence-corrected chi connectivity index (χ0v) is 13.9. The number of amides is 1. The van der Waals surface area contributed by atoms with Gasteiger partial charge in [0.25, 0.3) is 0 Å². The summed E-state index contributed by atoms with van der Waals surface area (Å²) in [6.45, 7) is 4.05. The molecule has 1 saturated carbocycles. The molecule has 0 atom stereocenters. The molecule has 0 radical (unpaired) electrons. The van der Waals surface area contributed by atoms with Crippen LogP contribution in [0.5, 0.6) is 0 Å². The highest BCUT2D eigenvalue weighted by atomic mass is 16.1. The topological polar surface area (TPSA) is 86.5 Å². The fourth-order valence-electron chi connectivity index (χ4n) is 3.07. The number of nitrogens with zero attached hydrogens (tertiary/aromatic N) is 2. The second kappa shape index (κ2) is 5.78. The van der Waals surface area contributed by atoms with Gasteiger partial charge in [-0.25, -0.2) is 4.98 Å². The number of hydrogen-bond donors (Lipinski definition) is 3. The molecule has 4 rings (SSSR count). The van der Waals surface area contributed by atoms with Gasteiger partial charge in [-0.2, -0.15) is 5.10 Å². The zero-order valence-electron chi connectivity index (χ0n) is 13.9. The van der Waals surface area contributed by atoms with E-state index in [-0.39, 0.29) is 5.91 Å². The van der Waals surface area contributed by atoms with Gasteiger partial charge in [0.15, 0.2) is 5.82 Å². The minimum atomic E-state index is -0.0378. The molecule has 6 heteroatoms. The van der Waals surface area contributed by atoms with Gasteiger partial charge < -0.3 is 10.3 Å². The lowest BCUT2D eigenvalue weighted by molar-refractivity contribution is -0.116. The SMILES string of the molecule is Cc1c(NC(=O)CCc2nc3c(C)cccc3[nH]2)n[nH]c1C1CC1. The van der Waals surface area contributed by atoms with E-state index in [1.165, 1.54) is 12.8 Å². The molecule has 6 nitrogen and oxygen atoms in total. The number of para-hydroxylation sites is 1. The molecule has 1 fully saturated rings. The first-order chi connectivity index (χ1) is 11.6. The second-order valence-corrected chi connectivity index (χ2v) is 6.59. The van der Waals surface area contributed by atoms with Crippen molar-refractivity contribution >= 4 is 22.8 Å². The Labute approximate surface area is 140 Å². The number of hydrogen-bond acceptors (Lipinski definition) is 3. The Hall–Kier alpha value is -2.63. The van der Waals surface area contributed by atoms with Gasteiger partial charge >= 0.3 is 0 Å². The second-order valence-electron chi connectivity index (χ2n) is 6.59. The minimum absolute atomic E-state index is 0.0378. The minimum Gasteiger partial charge on any atom is -0.342 e. The highest BCUT2D eigenvalue weighted by molar-refractivity contribution is 5.90. The number of fused-ring (bicyclic) bond motifs is 1. The summed E-state index contributed by atoms with van der Waals surface area (Å²) in [6.07, 6.45) is 3.38. The van der Waals surface area contributed by atoms with Gasteiger partial charge in [0.2, 0.25) is 5.91 Å². The molecule has 0 unspecified atom stereocenters. The number of aromatic amines is 2. The van der Waals surface area contributed by atoms with Crippen molar-refractivity contribution in [3.8, 4) is 0 Å². The maximum absolute atomic E-state index is 12.2. The standard InChI is InChI=1S/C18H21N5O/c1-10-4-3-5-13-16(10)20-14(19-13)8-9-15(24)21-18-11(2)17(22-23-18)12-6-7-12/h3-5,12H,6-9H2,1-2H3,(H,19,20)(H2,21,22,23,24). The Bertz CT molecular complexity index is 903. The van der Waals surface area contributed by atoms with E-state index in [4.69, 9.17) is 0 Å². The van der Waals surface area contributed by atoms with Crippen molar-refractivity contribution in [3.05, 3.63) is 40.8 Å². The molecule has 2 aromatic heterocycles. The molecule has 1 amide bonds. The van der Waals surface area contributed by atoms with E-state index in [2.05, 4.69) is 25.5 Å². The lowest BCUT2D eigenvalue weighted by Gasteiger charge is -2.02. The van der Waals surface area contributed by atoms with Crippen molar-refractivity contribution in [3.63, 3.8) is 0 Å². The number of imidazole rings is 1. The van der Waals surface area contributed by atoms with Gasteiger partial charge in [-0.3, -0.25) is 9.89 Å². The van der Waals surface area contributed by atoms with E-state index in [9.17, 15) is 4.79 Å². The maximum Gasteiger partial charge on any atom is 0.226 e. The fraction of sp³-hybridized carbons (Fsp3) is 0.389. The van der Waals surface area contributed by atoms with E-state index in [1.807, 2.05) is 32.0 Å². The van der Waals surface area contributed by atoms with Gasteiger partial charge in [-0.1, -0.05) is 12.1 Å². The normalized spacial score (nSPS) is 14.2. The number of nitrogens with one attached hydrogen (secondary N) is 3. The van der Waals surface area contributed by atoms with Crippen molar-refractivity contribution < 1.29 is 4.79 Å². The van der Waals surface area contributed by atoms with Gasteiger partial charge in [-0.05, 0) is 38.3 Å². The Morgan fingerprint density at radius 1 is 1.33 bits per heavy atom. The molecular formula is C18H21N5O. The molecule has 24 heavy (non-hydrogen) atoms. The summed E-state index contributed by atoms with van der Waals surface area (Å²) in [5.41, 5.74) is 5.36. The molecule has 0 saturated heterocycles. The molecular weight excluding hydrogens is 302 g/mol. The number of carbonyl (C=O) groups excluding carboxylic acids is 1. The van der Waals surface area contributed by atoms with Crippen LogP contribution in [0.2, 0.25) is 0 Å². The van der Waals surface area contributed by atoms with Crippen molar-refractivity contribution in [1.82, 2.24) is 20.2 Å². The Balaban J connectivity index is 1.40. The Morgan fingerprint density at radius 3 is 2.92 bits per heavy atom. The molecule has 3 aromatic rings. The third-order valence-corrected chi connectivity index (χ3v) is 4.64. The van der Waals surface area contributed by atoms with Gasteiger partial charge in [0, 0.05) is 30.0 Å². The predicted molar refractivity (Wildman–Crippen MR) is 93.1 cm³/mol. The molecule has 124 valence electrons. The van der Waals surface area contributed by atoms with Crippen LogP contribution in [0.4, 0.5) is 5.82 Å². The van der Waals surface area contributed by atoms with E-state index < -0.39 is 0 Å². The van der Waals surface area contributed by atoms with Crippen LogP contribution < -0.4 is 5.32 Å². The summed E-state index contributed by atoms with van der Waals surface area (Å²) in [4.78, 5) is 20.1. The monoisotopic (exact) mass is 323 g/mol. The van der Waals surface area contributed by atoms with Crippen LogP contribution in [0, 0.1) is 13.8 Å². The Morgan fingerprint density at radius 2 is 2.17 bits per heavy atom. The quantitative estimate of drug-likeness (QED) is 0.673. The van der Waals surface area contributed by atoms with Crippen molar-refractivity contribution in [2.45, 2.75) is 45.4 Å². The van der Waals surface area contributed by atoms with Crippen LogP contribution in [0.15, 0.2) is 18.2 Å². The number of carbonyl (C=O) groups is 1. The highest BCUT2D eigenvalue weighted by Crippen LogP contribution is 2.41. The number of benzene rings is 1. The van der Waals surface area contributed by atoms with Crippen LogP contribution in [0.25, 0.3) is 11.0 Å². The van der Waals surface area contributed by atoms with Crippen LogP contribution in [-0.2, 0) is 11.2 Å². The van der Waals surface area contributed by atoms with E-state index >= 15 is 0 Å². The smallest absolute Gasteiger partial charge is 0.226 e. The van der Waals surface area contributed by atoms with E-state index in [0.29, 0.717) is 24.6 Å². The van der Waals surface area contributed by atoms with Crippen molar-refractivity contribution in [2.24, 2.45) is 0 Å². The molecule has 0 aliphatic heterocycles. The molecule has 2 heterocycles. The zero-order chi connectivity index (χ0) is 16.7. The highest BCUT2D eigenvalue weighted by Gasteiger charge is 2.28. The average Bonchev–Trinajstić information content (AvgIpc) is 3.21. The molecule has 0 bridgehead atoms. The Kier molecular flexibility index (Phi) is 3.59. The number of H-pyrrole nitrogens is 2. The van der Waals surface area contributed by atoms with Crippen LogP contribution >= 0.6 is 0 Å². The number of aryl methyl sites for hydroxylation is 2. The predicted octanol–water partition coefficient (Wildman–Crippen LogP) is 3.35. The number of aromatic nitrogens is 4. The van der Waals surface area contributed by atoms with E-state index in [0.717, 1.165) is 33.7 Å². The largest absolute Gasteiger partial charge is 0.342 e. The lowest BCUT2D eigenvalue weighted by atomic mass is 10.2. The number of anilines is 1. The van der Waals surface area contributed by atoms with Crippen LogP contribution in [0.3, 0.4) is 0 Å². The van der Waals surface area contributed by atoms with Crippen molar-refractivity contribution in [2.75, 3.05) is 5.32 Å². The first kappa shape index (κ1) is 14.9. The molecule has 1 aromatic carbocycles. The summed E-state index contributed by atoms with van der Waals surface area (Å²) in [5.74, 6) is 2.06. The third-order valence-electron chi connectivity index (χ3n) is 4.64. The van der Waals surface area contributed by atoms with Crippen LogP contribution in [-0.4, -0.2) is 26.1 Å². The lowest BCUT2D eigenvalue weighted by Crippen LogP contribution is -2.13. The molecule has 0 spiro atoms.